The molecule has 0 aliphatic carbocycles. The predicted molar refractivity (Wildman–Crippen MR) is 43.6 cm³/mol. The summed E-state index contributed by atoms with van der Waals surface area (Å²) in [5, 5.41) is 3.42. The van der Waals surface area contributed by atoms with E-state index < -0.39 is 0 Å². The molecule has 10 heavy (non-hydrogen) atoms. The van der Waals surface area contributed by atoms with Crippen LogP contribution < -0.4 is 5.32 Å². The molecule has 1 radical (unpaired) electrons. The van der Waals surface area contributed by atoms with Crippen molar-refractivity contribution in [3.63, 3.8) is 0 Å². The highest BCUT2D eigenvalue weighted by Gasteiger charge is 2.32. The van der Waals surface area contributed by atoms with Crippen molar-refractivity contribution in [3.05, 3.63) is 0 Å². The quantitative estimate of drug-likeness (QED) is 0.465. The van der Waals surface area contributed by atoms with Crippen LogP contribution in [-0.2, 0) is 0 Å². The first-order chi connectivity index (χ1) is 4.88. The summed E-state index contributed by atoms with van der Waals surface area (Å²) in [6, 6.07) is 0.800. The fraction of sp³-hybridized carbons (Fsp3) is 1.00. The second kappa shape index (κ2) is 2.55. The minimum Gasteiger partial charge on any atom is -0.316 e. The lowest BCUT2D eigenvalue weighted by Gasteiger charge is -2.33. The monoisotopic (exact) mass is 137 g/mol. The number of fused-ring (bicyclic) bond motifs is 1. The van der Waals surface area contributed by atoms with E-state index in [1.54, 1.807) is 0 Å². The molecule has 2 fully saturated rings. The van der Waals surface area contributed by atoms with Crippen LogP contribution in [0.15, 0.2) is 0 Å². The van der Waals surface area contributed by atoms with E-state index in [2.05, 4.69) is 24.5 Å². The van der Waals surface area contributed by atoms with Gasteiger partial charge in [-0.15, -0.1) is 0 Å². The van der Waals surface area contributed by atoms with Crippen LogP contribution in [0.4, 0.5) is 0 Å². The number of rotatable bonds is 0. The Morgan fingerprint density at radius 1 is 1.50 bits per heavy atom. The van der Waals surface area contributed by atoms with E-state index in [1.165, 1.54) is 26.0 Å². The first kappa shape index (κ1) is 6.68. The molecule has 0 saturated carbocycles. The molecule has 2 aliphatic rings. The summed E-state index contributed by atoms with van der Waals surface area (Å²) < 4.78 is 0. The predicted octanol–water partition coefficient (Wildman–Crippen LogP) is -0.185. The zero-order valence-electron chi connectivity index (χ0n) is 6.51. The van der Waals surface area contributed by atoms with E-state index in [0.29, 0.717) is 0 Å². The molecule has 0 spiro atoms. The average molecular weight is 137 g/mol. The zero-order chi connectivity index (χ0) is 6.97. The van der Waals surface area contributed by atoms with Crippen LogP contribution >= 0.6 is 0 Å². The molecule has 0 bridgehead atoms. The highest BCUT2D eigenvalue weighted by Crippen LogP contribution is 2.24. The van der Waals surface area contributed by atoms with Crippen LogP contribution in [0.3, 0.4) is 0 Å². The molecule has 3 heteroatoms. The lowest BCUT2D eigenvalue weighted by Crippen LogP contribution is -2.42. The summed E-state index contributed by atoms with van der Waals surface area (Å²) in [5.74, 6) is 0.832. The molecular weight excluding hydrogens is 123 g/mol. The molecule has 0 aromatic carbocycles. The zero-order valence-corrected chi connectivity index (χ0v) is 6.51. The third-order valence-electron chi connectivity index (χ3n) is 2.75. The van der Waals surface area contributed by atoms with Gasteiger partial charge >= 0.3 is 0 Å². The average Bonchev–Trinajstić information content (AvgIpc) is 2.36. The van der Waals surface area contributed by atoms with Crippen molar-refractivity contribution in [1.82, 2.24) is 10.2 Å². The van der Waals surface area contributed by atoms with Crippen LogP contribution in [0.2, 0.25) is 12.1 Å². The van der Waals surface area contributed by atoms with E-state index in [9.17, 15) is 0 Å². The highest BCUT2D eigenvalue weighted by atomic mass is 15.2. The van der Waals surface area contributed by atoms with Crippen molar-refractivity contribution in [2.45, 2.75) is 18.2 Å². The van der Waals surface area contributed by atoms with Crippen molar-refractivity contribution < 1.29 is 0 Å². The first-order valence-corrected chi connectivity index (χ1v) is 4.12. The minimum atomic E-state index is 0.800. The number of nitrogens with one attached hydrogen (secondary N) is 1. The van der Waals surface area contributed by atoms with Crippen molar-refractivity contribution in [3.8, 4) is 0 Å². The molecule has 55 valence electrons. The molecular formula is C7H14BN2. The highest BCUT2D eigenvalue weighted by molar-refractivity contribution is 6.38. The van der Waals surface area contributed by atoms with Gasteiger partial charge in [0, 0.05) is 12.6 Å². The Bertz CT molecular complexity index is 129. The van der Waals surface area contributed by atoms with Crippen LogP contribution in [0.1, 0.15) is 0 Å². The molecule has 0 aromatic heterocycles. The summed E-state index contributed by atoms with van der Waals surface area (Å²) in [6.45, 7) is 3.65. The van der Waals surface area contributed by atoms with Crippen molar-refractivity contribution in [1.29, 1.82) is 0 Å². The van der Waals surface area contributed by atoms with Gasteiger partial charge in [-0.2, -0.15) is 0 Å². The SMILES string of the molecule is CN1CC[B]C2CNCC21. The topological polar surface area (TPSA) is 15.3 Å². The van der Waals surface area contributed by atoms with Gasteiger partial charge in [0.15, 0.2) is 0 Å². The summed E-state index contributed by atoms with van der Waals surface area (Å²) in [6.07, 6.45) is 1.28. The summed E-state index contributed by atoms with van der Waals surface area (Å²) in [5.41, 5.74) is 0. The number of likely N-dealkylation sites (N-methyl/N-ethyl adjacent to an activating group) is 1. The van der Waals surface area contributed by atoms with Gasteiger partial charge in [0.25, 0.3) is 0 Å². The fourth-order valence-electron chi connectivity index (χ4n) is 2.07. The summed E-state index contributed by atoms with van der Waals surface area (Å²) in [4.78, 5) is 2.48. The largest absolute Gasteiger partial charge is 0.316 e. The minimum absolute atomic E-state index is 0.800. The molecule has 2 aliphatic heterocycles. The number of nitrogens with zero attached hydrogens (tertiary/aromatic N) is 1. The molecule has 2 unspecified atom stereocenters. The maximum absolute atomic E-state index is 3.42. The van der Waals surface area contributed by atoms with E-state index in [1.807, 2.05) is 0 Å². The molecule has 2 atom stereocenters. The van der Waals surface area contributed by atoms with Crippen molar-refractivity contribution in [2.75, 3.05) is 26.7 Å². The van der Waals surface area contributed by atoms with E-state index >= 15 is 0 Å². The number of hydrogen-bond donors (Lipinski definition) is 1. The second-order valence-electron chi connectivity index (χ2n) is 3.39. The van der Waals surface area contributed by atoms with Crippen LogP contribution in [0.25, 0.3) is 0 Å². The second-order valence-corrected chi connectivity index (χ2v) is 3.39. The molecule has 2 nitrogen and oxygen atoms in total. The molecule has 2 heterocycles. The van der Waals surface area contributed by atoms with E-state index in [4.69, 9.17) is 0 Å². The molecule has 2 rings (SSSR count). The molecule has 1 N–H and O–H groups in total. The van der Waals surface area contributed by atoms with Crippen molar-refractivity contribution in [2.24, 2.45) is 0 Å². The van der Waals surface area contributed by atoms with Crippen LogP contribution in [0.5, 0.6) is 0 Å². The lowest BCUT2D eigenvalue weighted by atomic mass is 9.57. The smallest absolute Gasteiger partial charge is 0.119 e. The van der Waals surface area contributed by atoms with E-state index in [-0.39, 0.29) is 0 Å². The third-order valence-corrected chi connectivity index (χ3v) is 2.75. The molecule has 2 saturated heterocycles. The Balaban J connectivity index is 2.03. The van der Waals surface area contributed by atoms with Gasteiger partial charge in [0.2, 0.25) is 0 Å². The summed E-state index contributed by atoms with van der Waals surface area (Å²) >= 11 is 0. The fourth-order valence-corrected chi connectivity index (χ4v) is 2.07. The molecule has 0 aromatic rings. The maximum Gasteiger partial charge on any atom is 0.119 e. The third kappa shape index (κ3) is 0.975. The van der Waals surface area contributed by atoms with Gasteiger partial charge in [0.1, 0.15) is 7.28 Å². The number of hydrogen-bond acceptors (Lipinski definition) is 2. The lowest BCUT2D eigenvalue weighted by molar-refractivity contribution is 0.257. The van der Waals surface area contributed by atoms with Gasteiger partial charge < -0.3 is 10.2 Å². The van der Waals surface area contributed by atoms with Gasteiger partial charge in [-0.3, -0.25) is 0 Å². The van der Waals surface area contributed by atoms with Crippen LogP contribution in [-0.4, -0.2) is 44.9 Å². The Morgan fingerprint density at radius 3 is 3.20 bits per heavy atom. The van der Waals surface area contributed by atoms with E-state index in [0.717, 1.165) is 11.9 Å². The molecule has 0 amide bonds. The Labute approximate surface area is 63.2 Å². The van der Waals surface area contributed by atoms with Gasteiger partial charge in [-0.25, -0.2) is 0 Å². The normalized spacial score (nSPS) is 40.9. The van der Waals surface area contributed by atoms with Gasteiger partial charge in [0.05, 0.1) is 0 Å². The Kier molecular flexibility index (Phi) is 1.70. The standard InChI is InChI=1S/C7H14BN2/c1-10-3-2-8-6-4-9-5-7(6)10/h6-7,9H,2-5H2,1H3. The van der Waals surface area contributed by atoms with Gasteiger partial charge in [-0.1, -0.05) is 6.32 Å². The van der Waals surface area contributed by atoms with Crippen molar-refractivity contribution >= 4 is 7.28 Å². The summed E-state index contributed by atoms with van der Waals surface area (Å²) in [7, 11) is 4.71. The maximum atomic E-state index is 3.42. The van der Waals surface area contributed by atoms with Gasteiger partial charge in [-0.05, 0) is 26.0 Å². The Hall–Kier alpha value is -0.0151. The first-order valence-electron chi connectivity index (χ1n) is 4.12. The Morgan fingerprint density at radius 2 is 2.40 bits per heavy atom. The van der Waals surface area contributed by atoms with Crippen LogP contribution in [0, 0.1) is 0 Å².